The second-order valence-electron chi connectivity index (χ2n) is 6.68. The first kappa shape index (κ1) is 14.5. The van der Waals surface area contributed by atoms with Crippen molar-refractivity contribution in [2.45, 2.75) is 44.6 Å². The summed E-state index contributed by atoms with van der Waals surface area (Å²) in [6.07, 6.45) is 4.04. The second-order valence-corrected chi connectivity index (χ2v) is 6.68. The summed E-state index contributed by atoms with van der Waals surface area (Å²) in [5.41, 5.74) is -1.50. The maximum atomic E-state index is 12.5. The average molecular weight is 268 g/mol. The number of carbonyl (C=O) groups excluding carboxylic acids is 2. The van der Waals surface area contributed by atoms with Crippen molar-refractivity contribution >= 4 is 11.8 Å². The van der Waals surface area contributed by atoms with Gasteiger partial charge in [-0.15, -0.1) is 0 Å². The fourth-order valence-corrected chi connectivity index (χ4v) is 3.53. The van der Waals surface area contributed by atoms with E-state index in [1.54, 1.807) is 6.92 Å². The summed E-state index contributed by atoms with van der Waals surface area (Å²) in [5.74, 6) is -0.181. The third kappa shape index (κ3) is 2.82. The molecule has 0 aromatic heterocycles. The van der Waals surface area contributed by atoms with Gasteiger partial charge in [-0.25, -0.2) is 0 Å². The van der Waals surface area contributed by atoms with Crippen LogP contribution in [0.4, 0.5) is 0 Å². The molecule has 5 nitrogen and oxygen atoms in total. The van der Waals surface area contributed by atoms with Crippen LogP contribution in [0.1, 0.15) is 39.0 Å². The fraction of sp³-hybridized carbons (Fsp3) is 0.857. The Kier molecular flexibility index (Phi) is 3.71. The quantitative estimate of drug-likeness (QED) is 0.759. The lowest BCUT2D eigenvalue weighted by Crippen LogP contribution is -2.49. The minimum absolute atomic E-state index is 0.0611. The molecule has 19 heavy (non-hydrogen) atoms. The van der Waals surface area contributed by atoms with Crippen LogP contribution in [0.15, 0.2) is 0 Å². The van der Waals surface area contributed by atoms with Gasteiger partial charge in [0.1, 0.15) is 0 Å². The molecule has 1 atom stereocenters. The highest BCUT2D eigenvalue weighted by Gasteiger charge is 2.53. The van der Waals surface area contributed by atoms with Crippen LogP contribution in [-0.4, -0.2) is 59.5 Å². The van der Waals surface area contributed by atoms with Gasteiger partial charge in [-0.3, -0.25) is 14.5 Å². The van der Waals surface area contributed by atoms with Crippen LogP contribution in [0, 0.1) is 5.41 Å². The predicted octanol–water partition coefficient (Wildman–Crippen LogP) is 0.618. The van der Waals surface area contributed by atoms with Crippen LogP contribution in [0.2, 0.25) is 0 Å². The Balaban J connectivity index is 2.09. The number of carbonyl (C=O) groups is 2. The number of nitrogens with zero attached hydrogens (tertiary/aromatic N) is 2. The molecule has 1 aliphatic heterocycles. The molecule has 0 aromatic rings. The number of likely N-dealkylation sites (tertiary alicyclic amines) is 1. The molecule has 0 radical (unpaired) electrons. The van der Waals surface area contributed by atoms with E-state index in [9.17, 15) is 14.7 Å². The standard InChI is InChI=1S/C14H24N2O3/c1-13(19,9-15(2)3)10-16-11(17)8-14(12(16)18)6-4-5-7-14/h19H,4-10H2,1-3H3. The number of imide groups is 1. The molecule has 1 saturated carbocycles. The summed E-state index contributed by atoms with van der Waals surface area (Å²) >= 11 is 0. The van der Waals surface area contributed by atoms with Gasteiger partial charge in [0.2, 0.25) is 11.8 Å². The average Bonchev–Trinajstić information content (AvgIpc) is 2.79. The maximum Gasteiger partial charge on any atom is 0.236 e. The minimum atomic E-state index is -1.06. The van der Waals surface area contributed by atoms with E-state index in [2.05, 4.69) is 0 Å². The Morgan fingerprint density at radius 2 is 1.89 bits per heavy atom. The van der Waals surface area contributed by atoms with Gasteiger partial charge in [0.25, 0.3) is 0 Å². The molecule has 1 spiro atoms. The largest absolute Gasteiger partial charge is 0.387 e. The molecule has 2 amide bonds. The zero-order valence-electron chi connectivity index (χ0n) is 12.1. The number of hydrogen-bond donors (Lipinski definition) is 1. The van der Waals surface area contributed by atoms with Crippen LogP contribution in [0.3, 0.4) is 0 Å². The minimum Gasteiger partial charge on any atom is -0.387 e. The van der Waals surface area contributed by atoms with Gasteiger partial charge >= 0.3 is 0 Å². The van der Waals surface area contributed by atoms with Crippen molar-refractivity contribution in [3.8, 4) is 0 Å². The number of likely N-dealkylation sites (N-methyl/N-ethyl adjacent to an activating group) is 1. The van der Waals surface area contributed by atoms with E-state index < -0.39 is 11.0 Å². The third-order valence-electron chi connectivity index (χ3n) is 4.21. The molecular formula is C14H24N2O3. The first-order valence-electron chi connectivity index (χ1n) is 6.98. The normalized spacial score (nSPS) is 25.6. The molecule has 1 heterocycles. The highest BCUT2D eigenvalue weighted by atomic mass is 16.3. The van der Waals surface area contributed by atoms with Gasteiger partial charge in [0.15, 0.2) is 0 Å². The van der Waals surface area contributed by atoms with Gasteiger partial charge in [-0.2, -0.15) is 0 Å². The smallest absolute Gasteiger partial charge is 0.236 e. The zero-order valence-corrected chi connectivity index (χ0v) is 12.1. The van der Waals surface area contributed by atoms with Gasteiger partial charge in [-0.1, -0.05) is 12.8 Å². The van der Waals surface area contributed by atoms with Crippen molar-refractivity contribution in [3.05, 3.63) is 0 Å². The Labute approximate surface area is 114 Å². The fourth-order valence-electron chi connectivity index (χ4n) is 3.53. The lowest BCUT2D eigenvalue weighted by molar-refractivity contribution is -0.145. The second kappa shape index (κ2) is 4.87. The number of β-amino-alcohol motifs (C(OH)–C–C–N with tert-alkyl or cyclic N) is 1. The van der Waals surface area contributed by atoms with Gasteiger partial charge < -0.3 is 10.0 Å². The Bertz CT molecular complexity index is 384. The summed E-state index contributed by atoms with van der Waals surface area (Å²) in [4.78, 5) is 27.7. The van der Waals surface area contributed by atoms with Gasteiger partial charge in [0.05, 0.1) is 17.6 Å². The lowest BCUT2D eigenvalue weighted by atomic mass is 9.84. The van der Waals surface area contributed by atoms with Crippen molar-refractivity contribution in [2.75, 3.05) is 27.2 Å². The van der Waals surface area contributed by atoms with Crippen LogP contribution < -0.4 is 0 Å². The summed E-state index contributed by atoms with van der Waals surface area (Å²) < 4.78 is 0. The topological polar surface area (TPSA) is 60.9 Å². The molecule has 0 bridgehead atoms. The molecule has 1 unspecified atom stereocenters. The third-order valence-corrected chi connectivity index (χ3v) is 4.21. The number of amides is 2. The van der Waals surface area contributed by atoms with Gasteiger partial charge in [0, 0.05) is 13.0 Å². The van der Waals surface area contributed by atoms with E-state index in [0.29, 0.717) is 13.0 Å². The van der Waals surface area contributed by atoms with E-state index in [0.717, 1.165) is 25.7 Å². The van der Waals surface area contributed by atoms with Crippen molar-refractivity contribution in [1.29, 1.82) is 0 Å². The number of rotatable bonds is 4. The Morgan fingerprint density at radius 3 is 2.42 bits per heavy atom. The SMILES string of the molecule is CN(C)CC(C)(O)CN1C(=O)CC2(CCCC2)C1=O. The molecule has 2 aliphatic rings. The van der Waals surface area contributed by atoms with E-state index in [1.165, 1.54) is 4.90 Å². The first-order valence-corrected chi connectivity index (χ1v) is 6.98. The van der Waals surface area contributed by atoms with Crippen LogP contribution in [-0.2, 0) is 9.59 Å². The van der Waals surface area contributed by atoms with Crippen molar-refractivity contribution < 1.29 is 14.7 Å². The Hall–Kier alpha value is -0.940. The van der Waals surface area contributed by atoms with Gasteiger partial charge in [-0.05, 0) is 33.9 Å². The molecular weight excluding hydrogens is 244 g/mol. The van der Waals surface area contributed by atoms with Crippen molar-refractivity contribution in [2.24, 2.45) is 5.41 Å². The summed E-state index contributed by atoms with van der Waals surface area (Å²) in [7, 11) is 3.72. The lowest BCUT2D eigenvalue weighted by Gasteiger charge is -2.31. The summed E-state index contributed by atoms with van der Waals surface area (Å²) in [6, 6.07) is 0. The number of hydrogen-bond acceptors (Lipinski definition) is 4. The molecule has 2 fully saturated rings. The molecule has 1 saturated heterocycles. The van der Waals surface area contributed by atoms with Crippen molar-refractivity contribution in [1.82, 2.24) is 9.80 Å². The molecule has 108 valence electrons. The molecule has 1 aliphatic carbocycles. The van der Waals surface area contributed by atoms with Crippen molar-refractivity contribution in [3.63, 3.8) is 0 Å². The van der Waals surface area contributed by atoms with Crippen LogP contribution in [0.5, 0.6) is 0 Å². The van der Waals surface area contributed by atoms with Crippen LogP contribution >= 0.6 is 0 Å². The molecule has 5 heteroatoms. The first-order chi connectivity index (χ1) is 8.76. The van der Waals surface area contributed by atoms with E-state index in [-0.39, 0.29) is 18.4 Å². The highest BCUT2D eigenvalue weighted by Crippen LogP contribution is 2.47. The molecule has 2 rings (SSSR count). The van der Waals surface area contributed by atoms with E-state index in [4.69, 9.17) is 0 Å². The highest BCUT2D eigenvalue weighted by molar-refractivity contribution is 6.06. The number of aliphatic hydroxyl groups is 1. The van der Waals surface area contributed by atoms with E-state index >= 15 is 0 Å². The maximum absolute atomic E-state index is 12.5. The summed E-state index contributed by atoms with van der Waals surface area (Å²) in [5, 5.41) is 10.3. The molecule has 0 aromatic carbocycles. The summed E-state index contributed by atoms with van der Waals surface area (Å²) in [6.45, 7) is 2.20. The van der Waals surface area contributed by atoms with E-state index in [1.807, 2.05) is 19.0 Å². The Morgan fingerprint density at radius 1 is 1.32 bits per heavy atom. The molecule has 1 N–H and O–H groups in total. The predicted molar refractivity (Wildman–Crippen MR) is 71.4 cm³/mol. The zero-order chi connectivity index (χ0) is 14.3. The van der Waals surface area contributed by atoms with Crippen LogP contribution in [0.25, 0.3) is 0 Å². The monoisotopic (exact) mass is 268 g/mol.